The summed E-state index contributed by atoms with van der Waals surface area (Å²) >= 11 is 0. The van der Waals surface area contributed by atoms with Crippen LogP contribution in [0.5, 0.6) is 0 Å². The predicted octanol–water partition coefficient (Wildman–Crippen LogP) is 3.69. The van der Waals surface area contributed by atoms with Gasteiger partial charge in [0.25, 0.3) is 0 Å². The highest BCUT2D eigenvalue weighted by molar-refractivity contribution is 5.95. The van der Waals surface area contributed by atoms with E-state index in [1.54, 1.807) is 4.90 Å². The molecule has 5 nitrogen and oxygen atoms in total. The third-order valence-electron chi connectivity index (χ3n) is 5.09. The van der Waals surface area contributed by atoms with Crippen LogP contribution in [-0.4, -0.2) is 30.0 Å². The van der Waals surface area contributed by atoms with Crippen molar-refractivity contribution in [2.45, 2.75) is 25.4 Å². The Hall–Kier alpha value is -2.82. The Balaban J connectivity index is 1.44. The highest BCUT2D eigenvalue weighted by Crippen LogP contribution is 2.43. The number of likely N-dealkylation sites (tertiary alicyclic amines) is 1. The van der Waals surface area contributed by atoms with E-state index in [0.29, 0.717) is 31.5 Å². The predicted molar refractivity (Wildman–Crippen MR) is 94.5 cm³/mol. The molecule has 4 rings (SSSR count). The molecule has 0 aliphatic carbocycles. The van der Waals surface area contributed by atoms with Gasteiger partial charge in [0, 0.05) is 37.2 Å². The third kappa shape index (κ3) is 2.76. The normalized spacial score (nSPS) is 18.0. The van der Waals surface area contributed by atoms with Gasteiger partial charge in [0.15, 0.2) is 0 Å². The van der Waals surface area contributed by atoms with Crippen LogP contribution < -0.4 is 5.32 Å². The summed E-state index contributed by atoms with van der Waals surface area (Å²) in [5, 5.41) is 2.93. The van der Waals surface area contributed by atoms with E-state index in [1.807, 2.05) is 55.5 Å². The molecule has 5 heteroatoms. The van der Waals surface area contributed by atoms with E-state index >= 15 is 0 Å². The van der Waals surface area contributed by atoms with Crippen molar-refractivity contribution in [2.24, 2.45) is 0 Å². The number of rotatable bonds is 1. The van der Waals surface area contributed by atoms with E-state index < -0.39 is 5.60 Å². The molecule has 0 radical (unpaired) electrons. The minimum absolute atomic E-state index is 0.115. The molecule has 0 saturated carbocycles. The molecule has 1 spiro atoms. The zero-order valence-electron chi connectivity index (χ0n) is 14.1. The molecule has 1 N–H and O–H groups in total. The monoisotopic (exact) mass is 336 g/mol. The summed E-state index contributed by atoms with van der Waals surface area (Å²) in [5.41, 5.74) is 2.97. The molecule has 2 aromatic carbocycles. The summed E-state index contributed by atoms with van der Waals surface area (Å²) in [6.45, 7) is 3.12. The van der Waals surface area contributed by atoms with Crippen molar-refractivity contribution >= 4 is 17.7 Å². The fraction of sp³-hybridized carbons (Fsp3) is 0.300. The van der Waals surface area contributed by atoms with Crippen LogP contribution in [0.4, 0.5) is 10.5 Å². The average Bonchev–Trinajstić information content (AvgIpc) is 2.90. The standard InChI is InChI=1S/C20H20N2O3/c1-14-6-8-15(9-7-14)21-19(24)22-12-10-20(11-13-22)17-5-3-2-4-16(17)18(23)25-20/h2-9H,10-13H2,1H3,(H,21,24). The molecule has 2 aliphatic rings. The second-order valence-corrected chi connectivity index (χ2v) is 6.71. The Labute approximate surface area is 146 Å². The van der Waals surface area contributed by atoms with Gasteiger partial charge in [0.2, 0.25) is 0 Å². The molecule has 1 fully saturated rings. The van der Waals surface area contributed by atoms with Gasteiger partial charge in [0.1, 0.15) is 5.60 Å². The van der Waals surface area contributed by atoms with E-state index in [0.717, 1.165) is 16.8 Å². The number of nitrogens with zero attached hydrogens (tertiary/aromatic N) is 1. The largest absolute Gasteiger partial charge is 0.450 e. The maximum absolute atomic E-state index is 12.5. The van der Waals surface area contributed by atoms with Crippen molar-refractivity contribution in [1.82, 2.24) is 4.90 Å². The minimum Gasteiger partial charge on any atom is -0.450 e. The van der Waals surface area contributed by atoms with Crippen molar-refractivity contribution in [2.75, 3.05) is 18.4 Å². The van der Waals surface area contributed by atoms with Crippen molar-refractivity contribution in [3.8, 4) is 0 Å². The number of nitrogens with one attached hydrogen (secondary N) is 1. The number of anilines is 1. The van der Waals surface area contributed by atoms with Gasteiger partial charge in [-0.1, -0.05) is 35.9 Å². The molecular weight excluding hydrogens is 316 g/mol. The molecule has 0 unspecified atom stereocenters. The molecule has 2 aliphatic heterocycles. The lowest BCUT2D eigenvalue weighted by molar-refractivity contribution is -0.0363. The second kappa shape index (κ2) is 5.92. The molecule has 1 saturated heterocycles. The smallest absolute Gasteiger partial charge is 0.339 e. The number of carbonyl (C=O) groups excluding carboxylic acids is 2. The summed E-state index contributed by atoms with van der Waals surface area (Å²) in [5.74, 6) is -0.256. The summed E-state index contributed by atoms with van der Waals surface area (Å²) in [7, 11) is 0. The highest BCUT2D eigenvalue weighted by atomic mass is 16.6. The van der Waals surface area contributed by atoms with Crippen LogP contribution in [0, 0.1) is 6.92 Å². The van der Waals surface area contributed by atoms with Crippen LogP contribution in [0.1, 0.15) is 34.3 Å². The van der Waals surface area contributed by atoms with E-state index in [-0.39, 0.29) is 12.0 Å². The van der Waals surface area contributed by atoms with Gasteiger partial charge in [0.05, 0.1) is 5.56 Å². The van der Waals surface area contributed by atoms with Crippen molar-refractivity contribution < 1.29 is 14.3 Å². The highest BCUT2D eigenvalue weighted by Gasteiger charge is 2.47. The lowest BCUT2D eigenvalue weighted by Gasteiger charge is -2.38. The number of fused-ring (bicyclic) bond motifs is 2. The number of carbonyl (C=O) groups is 2. The van der Waals surface area contributed by atoms with Gasteiger partial charge in [-0.2, -0.15) is 0 Å². The first-order chi connectivity index (χ1) is 12.1. The van der Waals surface area contributed by atoms with Crippen LogP contribution in [0.25, 0.3) is 0 Å². The quantitative estimate of drug-likeness (QED) is 0.808. The van der Waals surface area contributed by atoms with Crippen LogP contribution in [0.3, 0.4) is 0 Å². The number of urea groups is 1. The molecule has 2 aromatic rings. The van der Waals surface area contributed by atoms with Crippen LogP contribution >= 0.6 is 0 Å². The lowest BCUT2D eigenvalue weighted by Crippen LogP contribution is -2.46. The first-order valence-corrected chi connectivity index (χ1v) is 8.53. The third-order valence-corrected chi connectivity index (χ3v) is 5.09. The number of hydrogen-bond donors (Lipinski definition) is 1. The Bertz CT molecular complexity index is 821. The SMILES string of the molecule is Cc1ccc(NC(=O)N2CCC3(CC2)OC(=O)c2ccccc23)cc1. The number of hydrogen-bond acceptors (Lipinski definition) is 3. The second-order valence-electron chi connectivity index (χ2n) is 6.71. The van der Waals surface area contributed by atoms with Crippen molar-refractivity contribution in [3.05, 3.63) is 65.2 Å². The van der Waals surface area contributed by atoms with Gasteiger partial charge < -0.3 is 15.0 Å². The van der Waals surface area contributed by atoms with Crippen LogP contribution in [-0.2, 0) is 10.3 Å². The van der Waals surface area contributed by atoms with Gasteiger partial charge in [-0.25, -0.2) is 9.59 Å². The van der Waals surface area contributed by atoms with Gasteiger partial charge in [-0.05, 0) is 25.1 Å². The molecule has 2 amide bonds. The molecule has 128 valence electrons. The van der Waals surface area contributed by atoms with Crippen molar-refractivity contribution in [3.63, 3.8) is 0 Å². The number of benzene rings is 2. The maximum Gasteiger partial charge on any atom is 0.339 e. The van der Waals surface area contributed by atoms with Crippen molar-refractivity contribution in [1.29, 1.82) is 0 Å². The number of amides is 2. The molecule has 25 heavy (non-hydrogen) atoms. The maximum atomic E-state index is 12.5. The molecule has 2 heterocycles. The summed E-state index contributed by atoms with van der Waals surface area (Å²) in [6, 6.07) is 15.2. The lowest BCUT2D eigenvalue weighted by atomic mass is 9.84. The fourth-order valence-corrected chi connectivity index (χ4v) is 3.63. The number of ether oxygens (including phenoxy) is 1. The van der Waals surface area contributed by atoms with Gasteiger partial charge in [-0.3, -0.25) is 0 Å². The number of aryl methyl sites for hydroxylation is 1. The Morgan fingerprint density at radius 2 is 1.76 bits per heavy atom. The van der Waals surface area contributed by atoms with Gasteiger partial charge >= 0.3 is 12.0 Å². The summed E-state index contributed by atoms with van der Waals surface area (Å²) in [4.78, 5) is 26.4. The van der Waals surface area contributed by atoms with E-state index in [9.17, 15) is 9.59 Å². The first kappa shape index (κ1) is 15.7. The Morgan fingerprint density at radius 1 is 1.08 bits per heavy atom. The number of esters is 1. The number of piperidine rings is 1. The van der Waals surface area contributed by atoms with Crippen LogP contribution in [0.15, 0.2) is 48.5 Å². The zero-order chi connectivity index (χ0) is 17.4. The first-order valence-electron chi connectivity index (χ1n) is 8.53. The van der Waals surface area contributed by atoms with E-state index in [2.05, 4.69) is 5.32 Å². The molecule has 0 aromatic heterocycles. The summed E-state index contributed by atoms with van der Waals surface area (Å²) < 4.78 is 5.72. The zero-order valence-corrected chi connectivity index (χ0v) is 14.1. The fourth-order valence-electron chi connectivity index (χ4n) is 3.63. The van der Waals surface area contributed by atoms with E-state index in [4.69, 9.17) is 4.74 Å². The summed E-state index contributed by atoms with van der Waals surface area (Å²) in [6.07, 6.45) is 1.24. The molecule has 0 atom stereocenters. The van der Waals surface area contributed by atoms with E-state index in [1.165, 1.54) is 0 Å². The van der Waals surface area contributed by atoms with Crippen LogP contribution in [0.2, 0.25) is 0 Å². The molecular formula is C20H20N2O3. The topological polar surface area (TPSA) is 58.6 Å². The molecule has 0 bridgehead atoms. The average molecular weight is 336 g/mol. The Morgan fingerprint density at radius 3 is 2.48 bits per heavy atom. The Kier molecular flexibility index (Phi) is 3.71. The minimum atomic E-state index is -0.575. The van der Waals surface area contributed by atoms with Gasteiger partial charge in [-0.15, -0.1) is 0 Å².